The van der Waals surface area contributed by atoms with Crippen molar-refractivity contribution in [2.45, 2.75) is 5.72 Å². The molecule has 0 radical (unpaired) electrons. The Kier molecular flexibility index (Phi) is 16.7. The number of nitrogens with one attached hydrogen (secondary N) is 1. The largest absolute Gasteiger partial charge is 0.364 e. The number of β-amino-alcohol motifs (C(OH)–C–C–N with tert-alkyl or cyclic N) is 1. The molecule has 304 valence electrons. The molecular formula is C42H36Br5N7O5. The lowest BCUT2D eigenvalue weighted by atomic mass is 10.1. The minimum absolute atomic E-state index is 0.0700. The van der Waals surface area contributed by atoms with Crippen LogP contribution in [-0.4, -0.2) is 65.4 Å². The quantitative estimate of drug-likeness (QED) is 0.115. The molecule has 3 heterocycles. The summed E-state index contributed by atoms with van der Waals surface area (Å²) in [5.74, 6) is -0.351. The van der Waals surface area contributed by atoms with E-state index in [-0.39, 0.29) is 25.0 Å². The maximum absolute atomic E-state index is 13.3. The molecule has 1 fully saturated rings. The summed E-state index contributed by atoms with van der Waals surface area (Å²) in [6.45, 7) is -0.0884. The summed E-state index contributed by atoms with van der Waals surface area (Å²) in [7, 11) is 2.89. The molecule has 2 aromatic heterocycles. The second-order valence-electron chi connectivity index (χ2n) is 12.4. The van der Waals surface area contributed by atoms with Crippen LogP contribution in [0.1, 0.15) is 5.69 Å². The van der Waals surface area contributed by atoms with Crippen LogP contribution in [0.25, 0.3) is 0 Å². The molecule has 1 unspecified atom stereocenters. The number of amides is 5. The molecule has 0 bridgehead atoms. The molecule has 17 heteroatoms. The molecule has 1 aliphatic heterocycles. The average Bonchev–Trinajstić information content (AvgIpc) is 3.52. The van der Waals surface area contributed by atoms with E-state index < -0.39 is 11.8 Å². The van der Waals surface area contributed by atoms with Gasteiger partial charge < -0.3 is 10.4 Å². The van der Waals surface area contributed by atoms with Gasteiger partial charge in [0.2, 0.25) is 5.72 Å². The monoisotopic (exact) mass is 1110 g/mol. The standard InChI is InChI=1S/C20H15Br2N3O2.C17H17Br2N3O3.C5H4BrN/c21-14-4-8-16(9-5-14)24-13-20(27,18-3-1-2-12-23-18)25(19(24)26)17-10-6-15(22)7-11-17;1-21(25-2)16(23)11-22(15-9-5-13(19)6-10-15)17(24)20-14-7-3-12(18)4-8-14;6-5-3-1-2-4-7-5/h1-12,27H,13H2;3-10H,11H2,1-2H3,(H,20,24);1-4H. The Morgan fingerprint density at radius 1 is 0.729 bits per heavy atom. The maximum Gasteiger partial charge on any atom is 0.331 e. The van der Waals surface area contributed by atoms with Crippen LogP contribution in [0, 0.1) is 0 Å². The predicted molar refractivity (Wildman–Crippen MR) is 248 cm³/mol. The van der Waals surface area contributed by atoms with Crippen LogP contribution in [0.4, 0.5) is 32.3 Å². The summed E-state index contributed by atoms with van der Waals surface area (Å²) in [4.78, 5) is 55.6. The zero-order valence-corrected chi connectivity index (χ0v) is 39.4. The molecule has 4 aromatic carbocycles. The van der Waals surface area contributed by atoms with Crippen molar-refractivity contribution in [2.75, 3.05) is 47.3 Å². The van der Waals surface area contributed by atoms with Crippen molar-refractivity contribution in [3.8, 4) is 0 Å². The Morgan fingerprint density at radius 2 is 1.24 bits per heavy atom. The number of hydroxylamine groups is 2. The highest BCUT2D eigenvalue weighted by molar-refractivity contribution is 9.11. The maximum atomic E-state index is 13.3. The molecule has 59 heavy (non-hydrogen) atoms. The van der Waals surface area contributed by atoms with Gasteiger partial charge in [0, 0.05) is 60.1 Å². The summed E-state index contributed by atoms with van der Waals surface area (Å²) in [6, 6.07) is 39.2. The number of urea groups is 2. The number of anilines is 4. The number of carbonyl (C=O) groups is 3. The van der Waals surface area contributed by atoms with E-state index in [0.717, 1.165) is 27.6 Å². The van der Waals surface area contributed by atoms with E-state index in [0.29, 0.717) is 28.4 Å². The fourth-order valence-corrected chi connectivity index (χ4v) is 6.80. The minimum Gasteiger partial charge on any atom is -0.364 e. The number of carbonyl (C=O) groups excluding carboxylic acids is 3. The molecular weight excluding hydrogens is 1080 g/mol. The fraction of sp³-hybridized carbons (Fsp3) is 0.119. The molecule has 5 amide bonds. The van der Waals surface area contributed by atoms with Crippen LogP contribution in [0.2, 0.25) is 0 Å². The first-order valence-electron chi connectivity index (χ1n) is 17.5. The number of rotatable bonds is 8. The Labute approximate surface area is 383 Å². The van der Waals surface area contributed by atoms with Crippen molar-refractivity contribution in [1.29, 1.82) is 0 Å². The van der Waals surface area contributed by atoms with Gasteiger partial charge in [-0.2, -0.15) is 0 Å². The van der Waals surface area contributed by atoms with E-state index in [1.807, 2.05) is 66.7 Å². The highest BCUT2D eigenvalue weighted by atomic mass is 79.9. The lowest BCUT2D eigenvalue weighted by Crippen LogP contribution is -2.45. The Bertz CT molecular complexity index is 2300. The number of pyridine rings is 2. The fourth-order valence-electron chi connectivity index (χ4n) is 5.47. The normalized spacial score (nSPS) is 14.3. The third-order valence-corrected chi connectivity index (χ3v) is 11.1. The van der Waals surface area contributed by atoms with Crippen LogP contribution in [0.15, 0.2) is 168 Å². The smallest absolute Gasteiger partial charge is 0.331 e. The lowest BCUT2D eigenvalue weighted by Gasteiger charge is -2.31. The van der Waals surface area contributed by atoms with E-state index in [2.05, 4.69) is 94.9 Å². The molecule has 7 rings (SSSR count). The molecule has 0 spiro atoms. The molecule has 1 saturated heterocycles. The first-order chi connectivity index (χ1) is 28.3. The Hall–Kier alpha value is -4.49. The second kappa shape index (κ2) is 21.7. The zero-order chi connectivity index (χ0) is 42.5. The van der Waals surface area contributed by atoms with E-state index in [1.54, 1.807) is 84.0 Å². The summed E-state index contributed by atoms with van der Waals surface area (Å²) in [5, 5.41) is 15.5. The van der Waals surface area contributed by atoms with Gasteiger partial charge in [-0.05, 0) is 137 Å². The van der Waals surface area contributed by atoms with Gasteiger partial charge in [-0.15, -0.1) is 0 Å². The molecule has 1 atom stereocenters. The van der Waals surface area contributed by atoms with Gasteiger partial charge in [0.05, 0.1) is 19.3 Å². The van der Waals surface area contributed by atoms with E-state index >= 15 is 0 Å². The van der Waals surface area contributed by atoms with Gasteiger partial charge in [0.25, 0.3) is 5.91 Å². The molecule has 6 aromatic rings. The summed E-state index contributed by atoms with van der Waals surface area (Å²) in [6.07, 6.45) is 3.35. The number of halogens is 5. The first kappa shape index (κ1) is 45.6. The van der Waals surface area contributed by atoms with Crippen LogP contribution in [0.5, 0.6) is 0 Å². The summed E-state index contributed by atoms with van der Waals surface area (Å²) < 4.78 is 4.48. The molecule has 0 saturated carbocycles. The topological polar surface area (TPSA) is 131 Å². The number of hydrogen-bond acceptors (Lipinski definition) is 7. The van der Waals surface area contributed by atoms with Gasteiger partial charge in [0.1, 0.15) is 11.1 Å². The number of likely N-dealkylation sites (N-methyl/N-ethyl adjacent to an activating group) is 1. The third-order valence-electron chi connectivity index (χ3n) is 8.50. The van der Waals surface area contributed by atoms with Crippen molar-refractivity contribution in [3.63, 3.8) is 0 Å². The third kappa shape index (κ3) is 12.5. The number of aliphatic hydroxyl groups is 1. The predicted octanol–water partition coefficient (Wildman–Crippen LogP) is 11.0. The van der Waals surface area contributed by atoms with E-state index in [9.17, 15) is 19.5 Å². The highest BCUT2D eigenvalue weighted by Crippen LogP contribution is 2.39. The number of aromatic nitrogens is 2. The van der Waals surface area contributed by atoms with Crippen LogP contribution in [-0.2, 0) is 15.4 Å². The zero-order valence-electron chi connectivity index (χ0n) is 31.4. The van der Waals surface area contributed by atoms with Crippen LogP contribution >= 0.6 is 79.6 Å². The summed E-state index contributed by atoms with van der Waals surface area (Å²) >= 11 is 16.7. The van der Waals surface area contributed by atoms with Crippen LogP contribution < -0.4 is 20.0 Å². The van der Waals surface area contributed by atoms with Gasteiger partial charge in [-0.25, -0.2) is 19.6 Å². The van der Waals surface area contributed by atoms with Crippen molar-refractivity contribution >= 4 is 120 Å². The lowest BCUT2D eigenvalue weighted by molar-refractivity contribution is -0.166. The molecule has 0 aliphatic carbocycles. The van der Waals surface area contributed by atoms with E-state index in [1.165, 1.54) is 24.0 Å². The Morgan fingerprint density at radius 3 is 1.71 bits per heavy atom. The first-order valence-corrected chi connectivity index (χ1v) is 21.5. The van der Waals surface area contributed by atoms with Crippen molar-refractivity contribution in [1.82, 2.24) is 15.0 Å². The van der Waals surface area contributed by atoms with Gasteiger partial charge in [-0.1, -0.05) is 75.9 Å². The van der Waals surface area contributed by atoms with Crippen LogP contribution in [0.3, 0.4) is 0 Å². The van der Waals surface area contributed by atoms with Crippen molar-refractivity contribution < 1.29 is 24.3 Å². The molecule has 12 nitrogen and oxygen atoms in total. The molecule has 2 N–H and O–H groups in total. The number of hydrogen-bond donors (Lipinski definition) is 2. The Balaban J connectivity index is 0.000000193. The second-order valence-corrected chi connectivity index (χ2v) is 16.9. The summed E-state index contributed by atoms with van der Waals surface area (Å²) in [5.41, 5.74) is 1.35. The SMILES string of the molecule is Brc1ccccn1.CON(C)C(=O)CN(C(=O)Nc1ccc(Br)cc1)c1ccc(Br)cc1.O=C1N(c2ccc(Br)cc2)CC(O)(c2ccccn2)N1c1ccc(Br)cc1. The average molecular weight is 1120 g/mol. The molecule has 1 aliphatic rings. The van der Waals surface area contributed by atoms with Crippen molar-refractivity contribution in [2.24, 2.45) is 0 Å². The van der Waals surface area contributed by atoms with Gasteiger partial charge in [0.15, 0.2) is 0 Å². The van der Waals surface area contributed by atoms with Gasteiger partial charge >= 0.3 is 12.1 Å². The van der Waals surface area contributed by atoms with Gasteiger partial charge in [-0.3, -0.25) is 29.3 Å². The number of nitrogens with zero attached hydrogens (tertiary/aromatic N) is 6. The minimum atomic E-state index is -1.58. The number of benzene rings is 4. The van der Waals surface area contributed by atoms with Crippen molar-refractivity contribution in [3.05, 3.63) is 174 Å². The highest BCUT2D eigenvalue weighted by Gasteiger charge is 2.52. The van der Waals surface area contributed by atoms with E-state index in [4.69, 9.17) is 4.84 Å².